The third kappa shape index (κ3) is 4.91. The van der Waals surface area contributed by atoms with Crippen molar-refractivity contribution in [3.8, 4) is 0 Å². The van der Waals surface area contributed by atoms with Gasteiger partial charge in [0.25, 0.3) is 0 Å². The highest BCUT2D eigenvalue weighted by molar-refractivity contribution is 6.42. The van der Waals surface area contributed by atoms with Crippen LogP contribution in [0, 0.1) is 5.92 Å². The number of aromatic nitrogens is 2. The molecule has 1 aromatic rings. The molecule has 2 fully saturated rings. The number of anilines is 2. The van der Waals surface area contributed by atoms with Crippen molar-refractivity contribution < 1.29 is 0 Å². The summed E-state index contributed by atoms with van der Waals surface area (Å²) in [6.45, 7) is 5.06. The molecule has 3 rings (SSSR count). The van der Waals surface area contributed by atoms with Crippen molar-refractivity contribution >= 4 is 35.0 Å². The van der Waals surface area contributed by atoms with Crippen LogP contribution in [-0.2, 0) is 0 Å². The zero-order valence-electron chi connectivity index (χ0n) is 15.8. The van der Waals surface area contributed by atoms with E-state index in [2.05, 4.69) is 19.8 Å². The van der Waals surface area contributed by atoms with Gasteiger partial charge in [-0.25, -0.2) is 0 Å². The standard InChI is InChI=1S/C18H30Cl2N6/c1-24(2)18-22-16(20)15(19)17(23-18)26-11-9-25(10-12-26)8-7-13-3-5-14(21)6-4-13/h13-14H,3-12,21H2,1-2H3. The van der Waals surface area contributed by atoms with Gasteiger partial charge >= 0.3 is 0 Å². The molecule has 0 atom stereocenters. The first-order chi connectivity index (χ1) is 12.4. The molecule has 8 heteroatoms. The van der Waals surface area contributed by atoms with E-state index in [1.54, 1.807) is 0 Å². The molecular formula is C18H30Cl2N6. The van der Waals surface area contributed by atoms with Gasteiger partial charge in [-0.05, 0) is 44.6 Å². The third-order valence-electron chi connectivity index (χ3n) is 5.60. The van der Waals surface area contributed by atoms with Crippen molar-refractivity contribution in [3.63, 3.8) is 0 Å². The predicted molar refractivity (Wildman–Crippen MR) is 110 cm³/mol. The summed E-state index contributed by atoms with van der Waals surface area (Å²) in [5.41, 5.74) is 6.01. The van der Waals surface area contributed by atoms with Gasteiger partial charge in [-0.15, -0.1) is 0 Å². The van der Waals surface area contributed by atoms with Crippen LogP contribution in [0.1, 0.15) is 32.1 Å². The highest BCUT2D eigenvalue weighted by atomic mass is 35.5. The zero-order valence-corrected chi connectivity index (χ0v) is 17.3. The second-order valence-electron chi connectivity index (χ2n) is 7.74. The van der Waals surface area contributed by atoms with Crippen molar-refractivity contribution in [2.24, 2.45) is 11.7 Å². The highest BCUT2D eigenvalue weighted by Gasteiger charge is 2.24. The maximum absolute atomic E-state index is 6.37. The van der Waals surface area contributed by atoms with E-state index in [0.29, 0.717) is 22.2 Å². The fraction of sp³-hybridized carbons (Fsp3) is 0.778. The van der Waals surface area contributed by atoms with Crippen molar-refractivity contribution in [1.29, 1.82) is 0 Å². The molecule has 0 unspecified atom stereocenters. The van der Waals surface area contributed by atoms with Gasteiger partial charge in [-0.2, -0.15) is 9.97 Å². The number of nitrogens with two attached hydrogens (primary N) is 1. The maximum atomic E-state index is 6.37. The van der Waals surface area contributed by atoms with Crippen LogP contribution in [0.5, 0.6) is 0 Å². The van der Waals surface area contributed by atoms with E-state index in [4.69, 9.17) is 28.9 Å². The first-order valence-electron chi connectivity index (χ1n) is 9.57. The quantitative estimate of drug-likeness (QED) is 0.766. The molecule has 146 valence electrons. The number of halogens is 2. The minimum absolute atomic E-state index is 0.318. The Kier molecular flexibility index (Phi) is 6.83. The van der Waals surface area contributed by atoms with E-state index in [9.17, 15) is 0 Å². The van der Waals surface area contributed by atoms with E-state index >= 15 is 0 Å². The van der Waals surface area contributed by atoms with Gasteiger partial charge < -0.3 is 15.5 Å². The molecule has 1 aromatic heterocycles. The molecule has 0 spiro atoms. The second kappa shape index (κ2) is 8.91. The largest absolute Gasteiger partial charge is 0.353 e. The molecular weight excluding hydrogens is 371 g/mol. The molecule has 2 aliphatic rings. The number of rotatable bonds is 5. The van der Waals surface area contributed by atoms with E-state index in [0.717, 1.165) is 37.9 Å². The Morgan fingerprint density at radius 2 is 1.69 bits per heavy atom. The molecule has 1 aliphatic carbocycles. The number of hydrogen-bond acceptors (Lipinski definition) is 6. The molecule has 0 amide bonds. The van der Waals surface area contributed by atoms with Gasteiger partial charge in [0, 0.05) is 46.3 Å². The smallest absolute Gasteiger partial charge is 0.228 e. The molecule has 26 heavy (non-hydrogen) atoms. The summed E-state index contributed by atoms with van der Waals surface area (Å²) in [6, 6.07) is 0.436. The van der Waals surface area contributed by atoms with Gasteiger partial charge in [0.15, 0.2) is 11.0 Å². The number of nitrogens with zero attached hydrogens (tertiary/aromatic N) is 5. The number of piperazine rings is 1. The molecule has 0 aromatic carbocycles. The predicted octanol–water partition coefficient (Wildman–Crippen LogP) is 2.88. The fourth-order valence-electron chi connectivity index (χ4n) is 3.83. The second-order valence-corrected chi connectivity index (χ2v) is 8.48. The van der Waals surface area contributed by atoms with Crippen LogP contribution in [-0.4, -0.2) is 67.7 Å². The van der Waals surface area contributed by atoms with Crippen LogP contribution in [0.4, 0.5) is 11.8 Å². The van der Waals surface area contributed by atoms with Crippen molar-refractivity contribution in [3.05, 3.63) is 10.2 Å². The average molecular weight is 401 g/mol. The summed E-state index contributed by atoms with van der Waals surface area (Å²) >= 11 is 12.6. The lowest BCUT2D eigenvalue weighted by Crippen LogP contribution is -2.47. The van der Waals surface area contributed by atoms with E-state index in [1.165, 1.54) is 38.6 Å². The lowest BCUT2D eigenvalue weighted by Gasteiger charge is -2.37. The number of hydrogen-bond donors (Lipinski definition) is 1. The Morgan fingerprint density at radius 1 is 1.04 bits per heavy atom. The van der Waals surface area contributed by atoms with E-state index in [-0.39, 0.29) is 0 Å². The van der Waals surface area contributed by atoms with Crippen LogP contribution in [0.2, 0.25) is 10.2 Å². The molecule has 1 saturated heterocycles. The van der Waals surface area contributed by atoms with Crippen LogP contribution < -0.4 is 15.5 Å². The Balaban J connectivity index is 1.52. The molecule has 0 bridgehead atoms. The lowest BCUT2D eigenvalue weighted by molar-refractivity contribution is 0.216. The normalized spacial score (nSPS) is 24.7. The Bertz CT molecular complexity index is 596. The van der Waals surface area contributed by atoms with Gasteiger partial charge in [-0.3, -0.25) is 4.90 Å². The van der Waals surface area contributed by atoms with E-state index in [1.807, 2.05) is 19.0 Å². The topological polar surface area (TPSA) is 61.5 Å². The molecule has 1 aliphatic heterocycles. The Morgan fingerprint density at radius 3 is 2.31 bits per heavy atom. The van der Waals surface area contributed by atoms with Crippen molar-refractivity contribution in [1.82, 2.24) is 14.9 Å². The summed E-state index contributed by atoms with van der Waals surface area (Å²) in [5.74, 6) is 2.19. The average Bonchev–Trinajstić information content (AvgIpc) is 2.64. The SMILES string of the molecule is CN(C)c1nc(Cl)c(Cl)c(N2CCN(CCC3CCC(N)CC3)CC2)n1. The summed E-state index contributed by atoms with van der Waals surface area (Å²) in [4.78, 5) is 15.5. The van der Waals surface area contributed by atoms with Crippen LogP contribution in [0.15, 0.2) is 0 Å². The zero-order chi connectivity index (χ0) is 18.7. The molecule has 6 nitrogen and oxygen atoms in total. The fourth-order valence-corrected chi connectivity index (χ4v) is 4.20. The van der Waals surface area contributed by atoms with Gasteiger partial charge in [0.1, 0.15) is 5.02 Å². The maximum Gasteiger partial charge on any atom is 0.228 e. The first kappa shape index (κ1) is 19.9. The summed E-state index contributed by atoms with van der Waals surface area (Å²) in [5, 5.41) is 0.766. The lowest BCUT2D eigenvalue weighted by atomic mass is 9.84. The molecule has 0 radical (unpaired) electrons. The molecule has 2 N–H and O–H groups in total. The summed E-state index contributed by atoms with van der Waals surface area (Å²) in [6.07, 6.45) is 6.27. The Hall–Kier alpha value is -0.820. The highest BCUT2D eigenvalue weighted by Crippen LogP contribution is 2.32. The summed E-state index contributed by atoms with van der Waals surface area (Å²) < 4.78 is 0. The molecule has 2 heterocycles. The monoisotopic (exact) mass is 400 g/mol. The van der Waals surface area contributed by atoms with E-state index < -0.39 is 0 Å². The van der Waals surface area contributed by atoms with Gasteiger partial charge in [0.2, 0.25) is 5.95 Å². The summed E-state index contributed by atoms with van der Waals surface area (Å²) in [7, 11) is 3.80. The van der Waals surface area contributed by atoms with Crippen molar-refractivity contribution in [2.45, 2.75) is 38.1 Å². The van der Waals surface area contributed by atoms with Crippen molar-refractivity contribution in [2.75, 3.05) is 56.6 Å². The Labute approximate surface area is 166 Å². The molecule has 1 saturated carbocycles. The van der Waals surface area contributed by atoms with Gasteiger partial charge in [-0.1, -0.05) is 23.2 Å². The third-order valence-corrected chi connectivity index (χ3v) is 6.32. The minimum Gasteiger partial charge on any atom is -0.353 e. The van der Waals surface area contributed by atoms with Crippen LogP contribution in [0.3, 0.4) is 0 Å². The first-order valence-corrected chi connectivity index (χ1v) is 10.3. The van der Waals surface area contributed by atoms with Crippen LogP contribution >= 0.6 is 23.2 Å². The van der Waals surface area contributed by atoms with Gasteiger partial charge in [0.05, 0.1) is 0 Å². The minimum atomic E-state index is 0.318. The van der Waals surface area contributed by atoms with Crippen LogP contribution in [0.25, 0.3) is 0 Å².